The molecule has 0 bridgehead atoms. The Morgan fingerprint density at radius 1 is 1.27 bits per heavy atom. The summed E-state index contributed by atoms with van der Waals surface area (Å²) in [5, 5.41) is 0. The van der Waals surface area contributed by atoms with Crippen molar-refractivity contribution in [3.63, 3.8) is 0 Å². The SMILES string of the molecule is Nc1cccc(N2CCCCS2(=O)=O)c1. The van der Waals surface area contributed by atoms with E-state index in [4.69, 9.17) is 5.73 Å². The number of hydrogen-bond acceptors (Lipinski definition) is 3. The lowest BCUT2D eigenvalue weighted by atomic mass is 10.2. The van der Waals surface area contributed by atoms with Crippen LogP contribution in [0, 0.1) is 0 Å². The van der Waals surface area contributed by atoms with Crippen LogP contribution in [0.4, 0.5) is 11.4 Å². The average molecular weight is 226 g/mol. The number of rotatable bonds is 1. The topological polar surface area (TPSA) is 63.4 Å². The molecule has 0 unspecified atom stereocenters. The minimum atomic E-state index is -3.12. The van der Waals surface area contributed by atoms with Gasteiger partial charge in [-0.05, 0) is 31.0 Å². The first-order valence-electron chi connectivity index (χ1n) is 4.95. The summed E-state index contributed by atoms with van der Waals surface area (Å²) >= 11 is 0. The second-order valence-electron chi connectivity index (χ2n) is 3.69. The normalized spacial score (nSPS) is 20.1. The quantitative estimate of drug-likeness (QED) is 0.732. The van der Waals surface area contributed by atoms with Crippen LogP contribution in [0.25, 0.3) is 0 Å². The Labute approximate surface area is 89.7 Å². The van der Waals surface area contributed by atoms with Crippen LogP contribution in [0.15, 0.2) is 24.3 Å². The number of benzene rings is 1. The van der Waals surface area contributed by atoms with Crippen LogP contribution in [0.1, 0.15) is 12.8 Å². The molecule has 0 saturated carbocycles. The highest BCUT2D eigenvalue weighted by Gasteiger charge is 2.25. The van der Waals surface area contributed by atoms with Gasteiger partial charge in [-0.25, -0.2) is 8.42 Å². The minimum Gasteiger partial charge on any atom is -0.399 e. The first-order valence-corrected chi connectivity index (χ1v) is 6.56. The van der Waals surface area contributed by atoms with Crippen molar-refractivity contribution in [1.82, 2.24) is 0 Å². The lowest BCUT2D eigenvalue weighted by Crippen LogP contribution is -2.37. The van der Waals surface area contributed by atoms with Crippen LogP contribution >= 0.6 is 0 Å². The van der Waals surface area contributed by atoms with E-state index in [1.54, 1.807) is 24.3 Å². The molecule has 15 heavy (non-hydrogen) atoms. The highest BCUT2D eigenvalue weighted by atomic mass is 32.2. The summed E-state index contributed by atoms with van der Waals surface area (Å²) < 4.78 is 25.0. The lowest BCUT2D eigenvalue weighted by Gasteiger charge is -2.28. The summed E-state index contributed by atoms with van der Waals surface area (Å²) in [4.78, 5) is 0. The summed E-state index contributed by atoms with van der Waals surface area (Å²) in [5.74, 6) is 0.238. The number of hydrogen-bond donors (Lipinski definition) is 1. The van der Waals surface area contributed by atoms with Gasteiger partial charge >= 0.3 is 0 Å². The van der Waals surface area contributed by atoms with E-state index in [1.807, 2.05) is 0 Å². The van der Waals surface area contributed by atoms with Crippen molar-refractivity contribution >= 4 is 21.4 Å². The molecule has 1 saturated heterocycles. The van der Waals surface area contributed by atoms with E-state index >= 15 is 0 Å². The molecule has 0 spiro atoms. The van der Waals surface area contributed by atoms with Crippen molar-refractivity contribution in [2.24, 2.45) is 0 Å². The maximum Gasteiger partial charge on any atom is 0.235 e. The summed E-state index contributed by atoms with van der Waals surface area (Å²) in [6.45, 7) is 0.561. The predicted molar refractivity (Wildman–Crippen MR) is 61.2 cm³/mol. The maximum atomic E-state index is 11.8. The molecule has 1 fully saturated rings. The molecule has 0 radical (unpaired) electrons. The van der Waals surface area contributed by atoms with Gasteiger partial charge in [-0.15, -0.1) is 0 Å². The third kappa shape index (κ3) is 2.07. The van der Waals surface area contributed by atoms with E-state index in [-0.39, 0.29) is 5.75 Å². The van der Waals surface area contributed by atoms with E-state index in [2.05, 4.69) is 0 Å². The Kier molecular flexibility index (Phi) is 2.56. The molecule has 0 aliphatic carbocycles. The fourth-order valence-electron chi connectivity index (χ4n) is 1.76. The minimum absolute atomic E-state index is 0.238. The highest BCUT2D eigenvalue weighted by molar-refractivity contribution is 7.92. The number of anilines is 2. The fraction of sp³-hybridized carbons (Fsp3) is 0.400. The standard InChI is InChI=1S/C10H14N2O2S/c11-9-4-3-5-10(8-9)12-6-1-2-7-15(12,13)14/h3-5,8H,1-2,6-7,11H2. The first kappa shape index (κ1) is 10.3. The largest absolute Gasteiger partial charge is 0.399 e. The molecule has 0 aromatic heterocycles. The summed E-state index contributed by atoms with van der Waals surface area (Å²) in [5.41, 5.74) is 6.90. The van der Waals surface area contributed by atoms with E-state index in [9.17, 15) is 8.42 Å². The van der Waals surface area contributed by atoms with Crippen molar-refractivity contribution in [1.29, 1.82) is 0 Å². The summed E-state index contributed by atoms with van der Waals surface area (Å²) in [6.07, 6.45) is 1.66. The molecule has 0 atom stereocenters. The molecule has 2 rings (SSSR count). The van der Waals surface area contributed by atoms with Crippen molar-refractivity contribution in [2.75, 3.05) is 22.3 Å². The third-order valence-corrected chi connectivity index (χ3v) is 4.38. The zero-order valence-corrected chi connectivity index (χ0v) is 9.20. The van der Waals surface area contributed by atoms with Gasteiger partial charge in [0.1, 0.15) is 0 Å². The Morgan fingerprint density at radius 2 is 2.07 bits per heavy atom. The summed E-state index contributed by atoms with van der Waals surface area (Å²) in [7, 11) is -3.12. The van der Waals surface area contributed by atoms with Crippen molar-refractivity contribution in [3.05, 3.63) is 24.3 Å². The maximum absolute atomic E-state index is 11.8. The van der Waals surface area contributed by atoms with Gasteiger partial charge in [-0.3, -0.25) is 4.31 Å². The molecule has 1 aromatic carbocycles. The molecule has 82 valence electrons. The Morgan fingerprint density at radius 3 is 2.73 bits per heavy atom. The number of nitrogen functional groups attached to an aromatic ring is 1. The van der Waals surface area contributed by atoms with Crippen LogP contribution in [0.3, 0.4) is 0 Å². The van der Waals surface area contributed by atoms with Crippen LogP contribution in [-0.4, -0.2) is 20.7 Å². The first-order chi connectivity index (χ1) is 7.09. The van der Waals surface area contributed by atoms with E-state index < -0.39 is 10.0 Å². The third-order valence-electron chi connectivity index (χ3n) is 2.51. The Hall–Kier alpha value is -1.23. The number of nitrogens with two attached hydrogens (primary N) is 1. The van der Waals surface area contributed by atoms with Crippen molar-refractivity contribution in [2.45, 2.75) is 12.8 Å². The molecule has 1 aromatic rings. The van der Waals surface area contributed by atoms with Crippen LogP contribution in [0.5, 0.6) is 0 Å². The summed E-state index contributed by atoms with van der Waals surface area (Å²) in [6, 6.07) is 7.00. The van der Waals surface area contributed by atoms with Crippen LogP contribution < -0.4 is 10.0 Å². The van der Waals surface area contributed by atoms with Gasteiger partial charge in [-0.2, -0.15) is 0 Å². The zero-order valence-electron chi connectivity index (χ0n) is 8.39. The Balaban J connectivity index is 2.37. The van der Waals surface area contributed by atoms with Gasteiger partial charge in [-0.1, -0.05) is 6.07 Å². The molecule has 1 heterocycles. The zero-order chi connectivity index (χ0) is 10.9. The van der Waals surface area contributed by atoms with E-state index in [1.165, 1.54) is 4.31 Å². The molecule has 1 aliphatic heterocycles. The van der Waals surface area contributed by atoms with Crippen LogP contribution in [-0.2, 0) is 10.0 Å². The molecule has 5 heteroatoms. The second kappa shape index (κ2) is 3.73. The fourth-order valence-corrected chi connectivity index (χ4v) is 3.39. The van der Waals surface area contributed by atoms with Gasteiger partial charge in [0.15, 0.2) is 0 Å². The molecular weight excluding hydrogens is 212 g/mol. The van der Waals surface area contributed by atoms with Gasteiger partial charge in [0.05, 0.1) is 11.4 Å². The highest BCUT2D eigenvalue weighted by Crippen LogP contribution is 2.24. The van der Waals surface area contributed by atoms with E-state index in [0.29, 0.717) is 17.9 Å². The van der Waals surface area contributed by atoms with Crippen LogP contribution in [0.2, 0.25) is 0 Å². The van der Waals surface area contributed by atoms with Gasteiger partial charge in [0.2, 0.25) is 10.0 Å². The number of nitrogens with zero attached hydrogens (tertiary/aromatic N) is 1. The van der Waals surface area contributed by atoms with E-state index in [0.717, 1.165) is 12.8 Å². The number of sulfonamides is 1. The molecule has 1 aliphatic rings. The predicted octanol–water partition coefficient (Wildman–Crippen LogP) is 1.20. The molecule has 0 amide bonds. The lowest BCUT2D eigenvalue weighted by molar-refractivity contribution is 0.574. The molecule has 2 N–H and O–H groups in total. The molecule has 4 nitrogen and oxygen atoms in total. The monoisotopic (exact) mass is 226 g/mol. The Bertz CT molecular complexity index is 456. The smallest absolute Gasteiger partial charge is 0.235 e. The van der Waals surface area contributed by atoms with Gasteiger partial charge in [0.25, 0.3) is 0 Å². The van der Waals surface area contributed by atoms with Gasteiger partial charge < -0.3 is 5.73 Å². The van der Waals surface area contributed by atoms with Gasteiger partial charge in [0, 0.05) is 12.2 Å². The molecular formula is C10H14N2O2S. The van der Waals surface area contributed by atoms with Crippen molar-refractivity contribution in [3.8, 4) is 0 Å². The average Bonchev–Trinajstić information content (AvgIpc) is 2.17. The second-order valence-corrected chi connectivity index (χ2v) is 5.70. The van der Waals surface area contributed by atoms with Crippen molar-refractivity contribution < 1.29 is 8.42 Å².